The molecule has 0 bridgehead atoms. The van der Waals surface area contributed by atoms with Gasteiger partial charge in [0.15, 0.2) is 0 Å². The van der Waals surface area contributed by atoms with E-state index in [-0.39, 0.29) is 17.6 Å². The maximum Gasteiger partial charge on any atom is 0.323 e. The average molecular weight is 296 g/mol. The highest BCUT2D eigenvalue weighted by atomic mass is 16.6. The second-order valence-corrected chi connectivity index (χ2v) is 7.65. The Morgan fingerprint density at radius 3 is 2.57 bits per heavy atom. The molecule has 21 heavy (non-hydrogen) atoms. The van der Waals surface area contributed by atoms with Gasteiger partial charge in [-0.25, -0.2) is 0 Å². The lowest BCUT2D eigenvalue weighted by Crippen LogP contribution is -2.43. The summed E-state index contributed by atoms with van der Waals surface area (Å²) in [5.74, 6) is -0.0306. The van der Waals surface area contributed by atoms with E-state index in [0.717, 1.165) is 25.9 Å². The molecule has 0 radical (unpaired) electrons. The van der Waals surface area contributed by atoms with Crippen LogP contribution in [0.1, 0.15) is 59.3 Å². The van der Waals surface area contributed by atoms with Gasteiger partial charge in [0.25, 0.3) is 0 Å². The third kappa shape index (κ3) is 4.96. The van der Waals surface area contributed by atoms with Crippen LogP contribution in [0.2, 0.25) is 0 Å². The topological polar surface area (TPSA) is 32.8 Å². The lowest BCUT2D eigenvalue weighted by molar-refractivity contribution is -0.160. The van der Waals surface area contributed by atoms with Crippen LogP contribution in [0, 0.1) is 0 Å². The average Bonchev–Trinajstić information content (AvgIpc) is 2.84. The highest BCUT2D eigenvalue weighted by Gasteiger charge is 2.34. The lowest BCUT2D eigenvalue weighted by atomic mass is 10.00. The Morgan fingerprint density at radius 1 is 1.14 bits per heavy atom. The van der Waals surface area contributed by atoms with E-state index in [4.69, 9.17) is 4.74 Å². The Hall–Kier alpha value is -0.610. The van der Waals surface area contributed by atoms with Gasteiger partial charge >= 0.3 is 5.97 Å². The Bertz CT molecular complexity index is 351. The van der Waals surface area contributed by atoms with Gasteiger partial charge < -0.3 is 9.64 Å². The highest BCUT2D eigenvalue weighted by molar-refractivity contribution is 5.76. The Kier molecular flexibility index (Phi) is 5.67. The van der Waals surface area contributed by atoms with Gasteiger partial charge in [-0.15, -0.1) is 0 Å². The molecule has 4 nitrogen and oxygen atoms in total. The molecule has 2 saturated heterocycles. The smallest absolute Gasteiger partial charge is 0.323 e. The molecule has 2 aliphatic rings. The van der Waals surface area contributed by atoms with Gasteiger partial charge in [-0.1, -0.05) is 6.42 Å². The molecule has 0 aliphatic carbocycles. The number of piperidine rings is 1. The van der Waals surface area contributed by atoms with E-state index in [0.29, 0.717) is 6.04 Å². The van der Waals surface area contributed by atoms with Crippen molar-refractivity contribution in [3.8, 4) is 0 Å². The number of esters is 1. The van der Waals surface area contributed by atoms with Crippen LogP contribution < -0.4 is 0 Å². The van der Waals surface area contributed by atoms with E-state index in [2.05, 4.69) is 16.8 Å². The van der Waals surface area contributed by atoms with Crippen LogP contribution in [0.4, 0.5) is 0 Å². The fourth-order valence-electron chi connectivity index (χ4n) is 3.55. The third-order valence-corrected chi connectivity index (χ3v) is 4.71. The molecule has 4 heteroatoms. The van der Waals surface area contributed by atoms with Crippen molar-refractivity contribution in [1.29, 1.82) is 0 Å². The van der Waals surface area contributed by atoms with E-state index in [1.54, 1.807) is 0 Å². The largest absolute Gasteiger partial charge is 0.459 e. The minimum Gasteiger partial charge on any atom is -0.459 e. The minimum atomic E-state index is -0.380. The first-order valence-electron chi connectivity index (χ1n) is 8.54. The number of likely N-dealkylation sites (tertiary alicyclic amines) is 2. The van der Waals surface area contributed by atoms with Crippen LogP contribution in [0.25, 0.3) is 0 Å². The van der Waals surface area contributed by atoms with E-state index in [1.165, 1.54) is 32.2 Å². The predicted molar refractivity (Wildman–Crippen MR) is 85.3 cm³/mol. The molecule has 0 aromatic rings. The second kappa shape index (κ2) is 7.10. The van der Waals surface area contributed by atoms with Crippen molar-refractivity contribution in [1.82, 2.24) is 9.80 Å². The molecule has 2 aliphatic heterocycles. The van der Waals surface area contributed by atoms with Crippen molar-refractivity contribution < 1.29 is 9.53 Å². The van der Waals surface area contributed by atoms with Crippen molar-refractivity contribution in [3.05, 3.63) is 0 Å². The molecule has 1 unspecified atom stereocenters. The first-order chi connectivity index (χ1) is 9.87. The first kappa shape index (κ1) is 16.8. The summed E-state index contributed by atoms with van der Waals surface area (Å²) in [6, 6.07) is 0.678. The van der Waals surface area contributed by atoms with Crippen LogP contribution >= 0.6 is 0 Å². The third-order valence-electron chi connectivity index (χ3n) is 4.71. The van der Waals surface area contributed by atoms with Gasteiger partial charge in [0.2, 0.25) is 0 Å². The zero-order valence-corrected chi connectivity index (χ0v) is 14.2. The molecule has 2 heterocycles. The molecule has 0 spiro atoms. The molecule has 122 valence electrons. The Balaban J connectivity index is 1.82. The Morgan fingerprint density at radius 2 is 1.90 bits per heavy atom. The van der Waals surface area contributed by atoms with Crippen LogP contribution in [-0.4, -0.2) is 60.1 Å². The van der Waals surface area contributed by atoms with Gasteiger partial charge in [0.1, 0.15) is 11.6 Å². The number of carbonyl (C=O) groups excluding carboxylic acids is 1. The number of hydrogen-bond donors (Lipinski definition) is 0. The zero-order chi connectivity index (χ0) is 15.5. The lowest BCUT2D eigenvalue weighted by Gasteiger charge is -2.34. The van der Waals surface area contributed by atoms with Crippen LogP contribution in [0.3, 0.4) is 0 Å². The standard InChI is InChI=1S/C17H32N2O2/c1-17(2,3)21-16(20)15-9-7-12-19(15)13-10-14-8-5-6-11-18(14)4/h14-15H,5-13H2,1-4H3/t14?,15-/m0/s1. The normalized spacial score (nSPS) is 28.8. The minimum absolute atomic E-state index is 0.0156. The van der Waals surface area contributed by atoms with Gasteiger partial charge in [0, 0.05) is 12.6 Å². The molecule has 2 rings (SSSR count). The van der Waals surface area contributed by atoms with Crippen LogP contribution in [-0.2, 0) is 9.53 Å². The monoisotopic (exact) mass is 296 g/mol. The molecule has 2 fully saturated rings. The molecule has 0 saturated carbocycles. The fraction of sp³-hybridized carbons (Fsp3) is 0.941. The van der Waals surface area contributed by atoms with E-state index in [9.17, 15) is 4.79 Å². The maximum atomic E-state index is 12.3. The summed E-state index contributed by atoms with van der Waals surface area (Å²) in [7, 11) is 2.24. The van der Waals surface area contributed by atoms with E-state index in [1.807, 2.05) is 20.8 Å². The highest BCUT2D eigenvalue weighted by Crippen LogP contribution is 2.24. The molecule has 0 amide bonds. The summed E-state index contributed by atoms with van der Waals surface area (Å²) < 4.78 is 5.57. The quantitative estimate of drug-likeness (QED) is 0.747. The van der Waals surface area contributed by atoms with Crippen molar-refractivity contribution in [3.63, 3.8) is 0 Å². The van der Waals surface area contributed by atoms with E-state index < -0.39 is 0 Å². The van der Waals surface area contributed by atoms with E-state index >= 15 is 0 Å². The number of nitrogens with zero attached hydrogens (tertiary/aromatic N) is 2. The summed E-state index contributed by atoms with van der Waals surface area (Å²) in [4.78, 5) is 17.1. The van der Waals surface area contributed by atoms with Gasteiger partial charge in [-0.05, 0) is 73.0 Å². The number of carbonyl (C=O) groups is 1. The van der Waals surface area contributed by atoms with Crippen molar-refractivity contribution in [2.75, 3.05) is 26.7 Å². The summed E-state index contributed by atoms with van der Waals surface area (Å²) in [5, 5.41) is 0. The number of hydrogen-bond acceptors (Lipinski definition) is 4. The molecular formula is C17H32N2O2. The SMILES string of the molecule is CN1CCCCC1CCN1CCC[C@H]1C(=O)OC(C)(C)C. The first-order valence-corrected chi connectivity index (χ1v) is 8.54. The maximum absolute atomic E-state index is 12.3. The fourth-order valence-corrected chi connectivity index (χ4v) is 3.55. The molecule has 0 aromatic carbocycles. The summed E-state index contributed by atoms with van der Waals surface area (Å²) in [5.41, 5.74) is -0.380. The van der Waals surface area contributed by atoms with Gasteiger partial charge in [-0.3, -0.25) is 9.69 Å². The van der Waals surface area contributed by atoms with Crippen molar-refractivity contribution in [2.45, 2.75) is 77.0 Å². The summed E-state index contributed by atoms with van der Waals surface area (Å²) in [6.07, 6.45) is 7.23. The zero-order valence-electron chi connectivity index (χ0n) is 14.2. The summed E-state index contributed by atoms with van der Waals surface area (Å²) >= 11 is 0. The molecule has 0 N–H and O–H groups in total. The second-order valence-electron chi connectivity index (χ2n) is 7.65. The molecular weight excluding hydrogens is 264 g/mol. The van der Waals surface area contributed by atoms with Gasteiger partial charge in [0.05, 0.1) is 0 Å². The molecule has 0 aromatic heterocycles. The van der Waals surface area contributed by atoms with Gasteiger partial charge in [-0.2, -0.15) is 0 Å². The van der Waals surface area contributed by atoms with Crippen molar-refractivity contribution in [2.24, 2.45) is 0 Å². The number of ether oxygens (including phenoxy) is 1. The molecule has 2 atom stereocenters. The van der Waals surface area contributed by atoms with Crippen LogP contribution in [0.15, 0.2) is 0 Å². The Labute approximate surface area is 129 Å². The number of rotatable bonds is 4. The van der Waals surface area contributed by atoms with Crippen molar-refractivity contribution >= 4 is 5.97 Å². The predicted octanol–water partition coefficient (Wildman–Crippen LogP) is 2.67. The van der Waals surface area contributed by atoms with Crippen LogP contribution in [0.5, 0.6) is 0 Å². The summed E-state index contributed by atoms with van der Waals surface area (Å²) in [6.45, 7) is 9.13.